The average molecular weight is 268 g/mol. The Morgan fingerprint density at radius 2 is 2.39 bits per heavy atom. The van der Waals surface area contributed by atoms with Gasteiger partial charge in [0, 0.05) is 19.2 Å². The van der Waals surface area contributed by atoms with E-state index in [1.165, 1.54) is 7.11 Å². The van der Waals surface area contributed by atoms with Gasteiger partial charge >= 0.3 is 5.97 Å². The van der Waals surface area contributed by atoms with Crippen LogP contribution in [0.1, 0.15) is 16.3 Å². The smallest absolute Gasteiger partial charge is 0.358 e. The Morgan fingerprint density at radius 3 is 3.06 bits per heavy atom. The van der Waals surface area contributed by atoms with Crippen molar-refractivity contribution in [3.05, 3.63) is 34.9 Å². The SMILES string of the molecule is CNCCc1nc(C(=O)OC)c2c(Cl)cccn12. The van der Waals surface area contributed by atoms with E-state index in [-0.39, 0.29) is 5.69 Å². The summed E-state index contributed by atoms with van der Waals surface area (Å²) in [5.41, 5.74) is 0.853. The third kappa shape index (κ3) is 2.19. The number of nitrogens with one attached hydrogen (secondary N) is 1. The van der Waals surface area contributed by atoms with Crippen LogP contribution in [0.3, 0.4) is 0 Å². The molecule has 5 nitrogen and oxygen atoms in total. The van der Waals surface area contributed by atoms with Gasteiger partial charge in [-0.1, -0.05) is 11.6 Å². The van der Waals surface area contributed by atoms with Gasteiger partial charge in [0.15, 0.2) is 5.69 Å². The summed E-state index contributed by atoms with van der Waals surface area (Å²) in [6.45, 7) is 0.770. The lowest BCUT2D eigenvalue weighted by molar-refractivity contribution is 0.0597. The van der Waals surface area contributed by atoms with E-state index in [2.05, 4.69) is 10.3 Å². The number of rotatable bonds is 4. The van der Waals surface area contributed by atoms with Crippen molar-refractivity contribution in [3.8, 4) is 0 Å². The van der Waals surface area contributed by atoms with E-state index in [1.807, 2.05) is 23.7 Å². The third-order valence-electron chi connectivity index (χ3n) is 2.67. The summed E-state index contributed by atoms with van der Waals surface area (Å²) < 4.78 is 6.55. The highest BCUT2D eigenvalue weighted by Gasteiger charge is 2.19. The molecule has 0 aliphatic carbocycles. The number of halogens is 1. The Morgan fingerprint density at radius 1 is 1.61 bits per heavy atom. The molecule has 0 bridgehead atoms. The maximum atomic E-state index is 11.7. The summed E-state index contributed by atoms with van der Waals surface area (Å²) in [6, 6.07) is 3.55. The summed E-state index contributed by atoms with van der Waals surface area (Å²) in [6.07, 6.45) is 2.54. The lowest BCUT2D eigenvalue weighted by atomic mass is 10.3. The molecule has 0 aromatic carbocycles. The summed E-state index contributed by atoms with van der Waals surface area (Å²) >= 11 is 6.13. The number of esters is 1. The van der Waals surface area contributed by atoms with Gasteiger partial charge in [0.05, 0.1) is 17.6 Å². The summed E-state index contributed by atoms with van der Waals surface area (Å²) in [5.74, 6) is 0.304. The van der Waals surface area contributed by atoms with E-state index in [4.69, 9.17) is 16.3 Å². The minimum absolute atomic E-state index is 0.259. The zero-order chi connectivity index (χ0) is 13.1. The maximum Gasteiger partial charge on any atom is 0.358 e. The van der Waals surface area contributed by atoms with Gasteiger partial charge in [0.25, 0.3) is 0 Å². The molecule has 0 aliphatic heterocycles. The molecule has 96 valence electrons. The van der Waals surface area contributed by atoms with Crippen LogP contribution < -0.4 is 5.32 Å². The molecule has 2 heterocycles. The van der Waals surface area contributed by atoms with Gasteiger partial charge in [-0.2, -0.15) is 0 Å². The molecular weight excluding hydrogens is 254 g/mol. The largest absolute Gasteiger partial charge is 0.464 e. The number of aromatic nitrogens is 2. The van der Waals surface area contributed by atoms with Crippen molar-refractivity contribution >= 4 is 23.1 Å². The van der Waals surface area contributed by atoms with Crippen molar-refractivity contribution in [2.24, 2.45) is 0 Å². The number of pyridine rings is 1. The Hall–Kier alpha value is -1.59. The van der Waals surface area contributed by atoms with Crippen molar-refractivity contribution in [3.63, 3.8) is 0 Å². The van der Waals surface area contributed by atoms with Gasteiger partial charge in [-0.05, 0) is 19.2 Å². The number of fused-ring (bicyclic) bond motifs is 1. The van der Waals surface area contributed by atoms with E-state index in [1.54, 1.807) is 6.07 Å². The number of likely N-dealkylation sites (N-methyl/N-ethyl adjacent to an activating group) is 1. The molecule has 0 aliphatic rings. The van der Waals surface area contributed by atoms with Gasteiger partial charge in [-0.3, -0.25) is 0 Å². The van der Waals surface area contributed by atoms with E-state index >= 15 is 0 Å². The molecule has 6 heteroatoms. The number of hydrogen-bond donors (Lipinski definition) is 1. The number of ether oxygens (including phenoxy) is 1. The van der Waals surface area contributed by atoms with Gasteiger partial charge in [0.2, 0.25) is 0 Å². The monoisotopic (exact) mass is 267 g/mol. The van der Waals surface area contributed by atoms with Crippen LogP contribution in [0.15, 0.2) is 18.3 Å². The topological polar surface area (TPSA) is 55.6 Å². The molecule has 2 aromatic rings. The van der Waals surface area contributed by atoms with E-state index in [0.29, 0.717) is 17.0 Å². The highest BCUT2D eigenvalue weighted by atomic mass is 35.5. The lowest BCUT2D eigenvalue weighted by Crippen LogP contribution is -2.12. The summed E-state index contributed by atoms with van der Waals surface area (Å²) in [5, 5.41) is 3.53. The first-order valence-electron chi connectivity index (χ1n) is 5.57. The molecule has 0 saturated carbocycles. The predicted molar refractivity (Wildman–Crippen MR) is 69.2 cm³/mol. The quantitative estimate of drug-likeness (QED) is 0.854. The van der Waals surface area contributed by atoms with Gasteiger partial charge in [-0.25, -0.2) is 9.78 Å². The standard InChI is InChI=1S/C12H14ClN3O2/c1-14-6-5-9-15-10(12(17)18-2)11-8(13)4-3-7-16(9)11/h3-4,7,14H,5-6H2,1-2H3. The van der Waals surface area contributed by atoms with Crippen molar-refractivity contribution < 1.29 is 9.53 Å². The first-order valence-corrected chi connectivity index (χ1v) is 5.95. The zero-order valence-corrected chi connectivity index (χ0v) is 11.0. The van der Waals surface area contributed by atoms with Crippen molar-refractivity contribution in [1.29, 1.82) is 0 Å². The zero-order valence-electron chi connectivity index (χ0n) is 10.2. The molecule has 0 unspecified atom stereocenters. The summed E-state index contributed by atoms with van der Waals surface area (Å²) in [7, 11) is 3.20. The second-order valence-corrected chi connectivity index (χ2v) is 4.20. The van der Waals surface area contributed by atoms with Gasteiger partial charge in [0.1, 0.15) is 5.82 Å². The first kappa shape index (κ1) is 12.9. The Kier molecular flexibility index (Phi) is 3.84. The minimum atomic E-state index is -0.476. The van der Waals surface area contributed by atoms with Gasteiger partial charge in [-0.15, -0.1) is 0 Å². The van der Waals surface area contributed by atoms with E-state index in [0.717, 1.165) is 12.4 Å². The van der Waals surface area contributed by atoms with Crippen LogP contribution in [0.25, 0.3) is 5.52 Å². The molecule has 2 aromatic heterocycles. The molecule has 0 atom stereocenters. The van der Waals surface area contributed by atoms with Crippen LogP contribution >= 0.6 is 11.6 Å². The third-order valence-corrected chi connectivity index (χ3v) is 2.97. The number of imidazole rings is 1. The molecule has 1 N–H and O–H groups in total. The molecule has 0 spiro atoms. The summed E-state index contributed by atoms with van der Waals surface area (Å²) in [4.78, 5) is 16.0. The van der Waals surface area contributed by atoms with Crippen molar-refractivity contribution in [2.75, 3.05) is 20.7 Å². The molecule has 0 fully saturated rings. The Labute approximate surface area is 110 Å². The minimum Gasteiger partial charge on any atom is -0.464 e. The fourth-order valence-electron chi connectivity index (χ4n) is 1.81. The van der Waals surface area contributed by atoms with Crippen molar-refractivity contribution in [2.45, 2.75) is 6.42 Å². The maximum absolute atomic E-state index is 11.7. The van der Waals surface area contributed by atoms with Crippen LogP contribution in [0, 0.1) is 0 Å². The Bertz CT molecular complexity index is 580. The number of carbonyl (C=O) groups excluding carboxylic acids is 1. The number of hydrogen-bond acceptors (Lipinski definition) is 4. The van der Waals surface area contributed by atoms with Crippen molar-refractivity contribution in [1.82, 2.24) is 14.7 Å². The van der Waals surface area contributed by atoms with Crippen LogP contribution in [-0.4, -0.2) is 36.1 Å². The molecule has 0 radical (unpaired) electrons. The van der Waals surface area contributed by atoms with E-state index in [9.17, 15) is 4.79 Å². The van der Waals surface area contributed by atoms with Crippen LogP contribution in [0.2, 0.25) is 5.02 Å². The highest BCUT2D eigenvalue weighted by Crippen LogP contribution is 2.23. The molecule has 18 heavy (non-hydrogen) atoms. The molecule has 0 saturated heterocycles. The van der Waals surface area contributed by atoms with Crippen LogP contribution in [-0.2, 0) is 11.2 Å². The normalized spacial score (nSPS) is 10.8. The van der Waals surface area contributed by atoms with Crippen LogP contribution in [0.4, 0.5) is 0 Å². The number of methoxy groups -OCH3 is 1. The highest BCUT2D eigenvalue weighted by molar-refractivity contribution is 6.34. The Balaban J connectivity index is 2.60. The van der Waals surface area contributed by atoms with E-state index < -0.39 is 5.97 Å². The van der Waals surface area contributed by atoms with Gasteiger partial charge < -0.3 is 14.5 Å². The fraction of sp³-hybridized carbons (Fsp3) is 0.333. The second-order valence-electron chi connectivity index (χ2n) is 3.80. The number of carbonyl (C=O) groups is 1. The lowest BCUT2D eigenvalue weighted by Gasteiger charge is -2.01. The molecule has 2 rings (SSSR count). The fourth-order valence-corrected chi connectivity index (χ4v) is 2.07. The predicted octanol–water partition coefficient (Wildman–Crippen LogP) is 1.54. The molecular formula is C12H14ClN3O2. The second kappa shape index (κ2) is 5.37. The number of nitrogens with zero attached hydrogens (tertiary/aromatic N) is 2. The average Bonchev–Trinajstić information content (AvgIpc) is 2.76. The van der Waals surface area contributed by atoms with Crippen LogP contribution in [0.5, 0.6) is 0 Å². The molecule has 0 amide bonds. The first-order chi connectivity index (χ1) is 8.69.